The second-order valence-electron chi connectivity index (χ2n) is 4.11. The summed E-state index contributed by atoms with van der Waals surface area (Å²) in [5, 5.41) is 2.78. The van der Waals surface area contributed by atoms with Crippen molar-refractivity contribution in [2.75, 3.05) is 13.7 Å². The average molecular weight is 202 g/mol. The van der Waals surface area contributed by atoms with Crippen LogP contribution < -0.4 is 11.1 Å². The van der Waals surface area contributed by atoms with Crippen LogP contribution in [0.4, 0.5) is 0 Å². The van der Waals surface area contributed by atoms with Gasteiger partial charge in [-0.25, -0.2) is 0 Å². The van der Waals surface area contributed by atoms with Gasteiger partial charge in [-0.3, -0.25) is 4.79 Å². The highest BCUT2D eigenvalue weighted by molar-refractivity contribution is 5.76. The lowest BCUT2D eigenvalue weighted by molar-refractivity contribution is -0.126. The predicted molar refractivity (Wildman–Crippen MR) is 57.0 cm³/mol. The minimum atomic E-state index is -0.402. The van der Waals surface area contributed by atoms with Crippen molar-refractivity contribution in [1.82, 2.24) is 5.32 Å². The lowest BCUT2D eigenvalue weighted by Gasteiger charge is -2.22. The van der Waals surface area contributed by atoms with Gasteiger partial charge in [-0.2, -0.15) is 0 Å². The van der Waals surface area contributed by atoms with Gasteiger partial charge in [0, 0.05) is 19.7 Å². The summed E-state index contributed by atoms with van der Waals surface area (Å²) in [5.41, 5.74) is 5.27. The lowest BCUT2D eigenvalue weighted by atomic mass is 10.0. The van der Waals surface area contributed by atoms with Gasteiger partial charge in [0.1, 0.15) is 0 Å². The van der Waals surface area contributed by atoms with Crippen LogP contribution in [0.15, 0.2) is 0 Å². The van der Waals surface area contributed by atoms with E-state index >= 15 is 0 Å². The largest absolute Gasteiger partial charge is 0.378 e. The first-order valence-corrected chi connectivity index (χ1v) is 4.98. The van der Waals surface area contributed by atoms with Crippen LogP contribution in [0.2, 0.25) is 0 Å². The van der Waals surface area contributed by atoms with Crippen LogP contribution >= 0.6 is 0 Å². The Kier molecular flexibility index (Phi) is 5.72. The molecule has 0 rings (SSSR count). The lowest BCUT2D eigenvalue weighted by Crippen LogP contribution is -2.40. The summed E-state index contributed by atoms with van der Waals surface area (Å²) in [7, 11) is 1.60. The van der Waals surface area contributed by atoms with Crippen LogP contribution in [-0.2, 0) is 9.53 Å². The minimum Gasteiger partial charge on any atom is -0.378 e. The number of hydrogen-bond acceptors (Lipinski definition) is 3. The molecule has 0 aliphatic heterocycles. The summed E-state index contributed by atoms with van der Waals surface area (Å²) in [6.07, 6.45) is 1.23. The molecule has 0 aromatic rings. The van der Waals surface area contributed by atoms with Crippen LogP contribution in [0.5, 0.6) is 0 Å². The Hall–Kier alpha value is -0.610. The van der Waals surface area contributed by atoms with Crippen molar-refractivity contribution >= 4 is 5.91 Å². The number of carbonyl (C=O) groups excluding carboxylic acids is 1. The molecule has 4 heteroatoms. The van der Waals surface area contributed by atoms with Crippen molar-refractivity contribution < 1.29 is 9.53 Å². The van der Waals surface area contributed by atoms with Gasteiger partial charge in [-0.05, 0) is 20.3 Å². The second kappa shape index (κ2) is 5.98. The fourth-order valence-electron chi connectivity index (χ4n) is 0.911. The molecule has 1 amide bonds. The van der Waals surface area contributed by atoms with Gasteiger partial charge in [-0.1, -0.05) is 6.92 Å². The number of hydrogen-bond donors (Lipinski definition) is 2. The van der Waals surface area contributed by atoms with Crippen molar-refractivity contribution in [3.63, 3.8) is 0 Å². The summed E-state index contributed by atoms with van der Waals surface area (Å²) >= 11 is 0. The maximum Gasteiger partial charge on any atom is 0.222 e. The number of methoxy groups -OCH3 is 1. The summed E-state index contributed by atoms with van der Waals surface area (Å²) in [6, 6.07) is 0.0459. The first kappa shape index (κ1) is 13.4. The third-order valence-corrected chi connectivity index (χ3v) is 2.22. The van der Waals surface area contributed by atoms with E-state index in [-0.39, 0.29) is 11.9 Å². The maximum atomic E-state index is 11.4. The highest BCUT2D eigenvalue weighted by Crippen LogP contribution is 2.11. The molecule has 0 spiro atoms. The third kappa shape index (κ3) is 5.94. The molecule has 84 valence electrons. The molecule has 0 aliphatic carbocycles. The van der Waals surface area contributed by atoms with E-state index in [2.05, 4.69) is 5.32 Å². The van der Waals surface area contributed by atoms with Crippen molar-refractivity contribution in [3.05, 3.63) is 0 Å². The van der Waals surface area contributed by atoms with E-state index in [0.717, 1.165) is 6.42 Å². The number of nitrogens with two attached hydrogens (primary N) is 1. The van der Waals surface area contributed by atoms with Crippen molar-refractivity contribution in [3.8, 4) is 0 Å². The van der Waals surface area contributed by atoms with Crippen LogP contribution in [0.1, 0.15) is 33.6 Å². The molecule has 0 bridgehead atoms. The van der Waals surface area contributed by atoms with E-state index in [1.165, 1.54) is 0 Å². The molecule has 3 N–H and O–H groups in total. The molecule has 0 aromatic heterocycles. The second-order valence-corrected chi connectivity index (χ2v) is 4.11. The smallest absolute Gasteiger partial charge is 0.222 e. The number of carbonyl (C=O) groups is 1. The number of ether oxygens (including phenoxy) is 1. The molecule has 1 atom stereocenters. The fraction of sp³-hybridized carbons (Fsp3) is 0.900. The van der Waals surface area contributed by atoms with Crippen LogP contribution in [0.3, 0.4) is 0 Å². The van der Waals surface area contributed by atoms with Crippen LogP contribution in [0, 0.1) is 0 Å². The minimum absolute atomic E-state index is 0.0132. The molecular weight excluding hydrogens is 180 g/mol. The van der Waals surface area contributed by atoms with Crippen LogP contribution in [0.25, 0.3) is 0 Å². The van der Waals surface area contributed by atoms with Crippen molar-refractivity contribution in [2.45, 2.75) is 45.3 Å². The molecule has 0 radical (unpaired) electrons. The van der Waals surface area contributed by atoms with Gasteiger partial charge in [-0.15, -0.1) is 0 Å². The van der Waals surface area contributed by atoms with Crippen LogP contribution in [-0.4, -0.2) is 31.2 Å². The monoisotopic (exact) mass is 202 g/mol. The molecule has 0 aliphatic rings. The van der Waals surface area contributed by atoms with E-state index < -0.39 is 5.60 Å². The molecular formula is C10H22N2O2. The summed E-state index contributed by atoms with van der Waals surface area (Å²) in [4.78, 5) is 11.4. The van der Waals surface area contributed by atoms with Gasteiger partial charge < -0.3 is 15.8 Å². The zero-order valence-electron chi connectivity index (χ0n) is 9.59. The molecule has 14 heavy (non-hydrogen) atoms. The summed E-state index contributed by atoms with van der Waals surface area (Å²) < 4.78 is 5.15. The highest BCUT2D eigenvalue weighted by Gasteiger charge is 2.20. The van der Waals surface area contributed by atoms with Gasteiger partial charge in [0.25, 0.3) is 0 Å². The molecule has 4 nitrogen and oxygen atoms in total. The molecule has 0 saturated carbocycles. The SMILES string of the molecule is CCC(N)CNC(=O)CC(C)(C)OC. The normalized spacial score (nSPS) is 13.8. The van der Waals surface area contributed by atoms with Crippen molar-refractivity contribution in [2.24, 2.45) is 5.73 Å². The number of rotatable bonds is 6. The Morgan fingerprint density at radius 3 is 2.57 bits per heavy atom. The maximum absolute atomic E-state index is 11.4. The van der Waals surface area contributed by atoms with Crippen molar-refractivity contribution in [1.29, 1.82) is 0 Å². The first-order valence-electron chi connectivity index (χ1n) is 4.98. The summed E-state index contributed by atoms with van der Waals surface area (Å²) in [6.45, 7) is 6.30. The van der Waals surface area contributed by atoms with E-state index in [1.54, 1.807) is 7.11 Å². The van der Waals surface area contributed by atoms with E-state index in [0.29, 0.717) is 13.0 Å². The Morgan fingerprint density at radius 1 is 1.57 bits per heavy atom. The fourth-order valence-corrected chi connectivity index (χ4v) is 0.911. The van der Waals surface area contributed by atoms with E-state index in [4.69, 9.17) is 10.5 Å². The Balaban J connectivity index is 3.76. The predicted octanol–water partition coefficient (Wildman–Crippen LogP) is 0.655. The molecule has 0 aromatic carbocycles. The molecule has 0 saturated heterocycles. The Labute approximate surface area is 86.2 Å². The van der Waals surface area contributed by atoms with Gasteiger partial charge in [0.05, 0.1) is 12.0 Å². The molecule has 0 fully saturated rings. The molecule has 0 heterocycles. The van der Waals surface area contributed by atoms with E-state index in [9.17, 15) is 4.79 Å². The Morgan fingerprint density at radius 2 is 2.14 bits per heavy atom. The first-order chi connectivity index (χ1) is 6.41. The number of nitrogens with one attached hydrogen (secondary N) is 1. The zero-order chi connectivity index (χ0) is 11.2. The third-order valence-electron chi connectivity index (χ3n) is 2.22. The highest BCUT2D eigenvalue weighted by atomic mass is 16.5. The van der Waals surface area contributed by atoms with E-state index in [1.807, 2.05) is 20.8 Å². The average Bonchev–Trinajstić information content (AvgIpc) is 2.13. The number of amides is 1. The topological polar surface area (TPSA) is 64.3 Å². The Bertz CT molecular complexity index is 181. The van der Waals surface area contributed by atoms with Gasteiger partial charge in [0.15, 0.2) is 0 Å². The zero-order valence-corrected chi connectivity index (χ0v) is 9.59. The van der Waals surface area contributed by atoms with Gasteiger partial charge in [0.2, 0.25) is 5.91 Å². The van der Waals surface area contributed by atoms with Gasteiger partial charge >= 0.3 is 0 Å². The molecule has 1 unspecified atom stereocenters. The quantitative estimate of drug-likeness (QED) is 0.665. The standard InChI is InChI=1S/C10H22N2O2/c1-5-8(11)7-12-9(13)6-10(2,3)14-4/h8H,5-7,11H2,1-4H3,(H,12,13). The summed E-state index contributed by atoms with van der Waals surface area (Å²) in [5.74, 6) is -0.0132.